The topological polar surface area (TPSA) is 38.7 Å². The van der Waals surface area contributed by atoms with Crippen LogP contribution in [0.1, 0.15) is 31.2 Å². The quantitative estimate of drug-likeness (QED) is 0.621. The van der Waals surface area contributed by atoms with Gasteiger partial charge in [-0.25, -0.2) is 9.18 Å². The zero-order chi connectivity index (χ0) is 13.2. The van der Waals surface area contributed by atoms with Crippen LogP contribution in [-0.2, 0) is 10.3 Å². The number of rotatable bonds is 3. The SMILES string of the molecule is COc1cc(Cl)c(F)c(C2(N=C=O)CCCC2)c1. The van der Waals surface area contributed by atoms with Crippen LogP contribution in [0, 0.1) is 5.82 Å². The summed E-state index contributed by atoms with van der Waals surface area (Å²) >= 11 is 5.84. The van der Waals surface area contributed by atoms with E-state index in [1.165, 1.54) is 13.2 Å². The first-order valence-electron chi connectivity index (χ1n) is 5.75. The highest BCUT2D eigenvalue weighted by atomic mass is 35.5. The number of benzene rings is 1. The number of methoxy groups -OCH3 is 1. The monoisotopic (exact) mass is 269 g/mol. The summed E-state index contributed by atoms with van der Waals surface area (Å²) in [6, 6.07) is 2.97. The Morgan fingerprint density at radius 2 is 2.11 bits per heavy atom. The molecule has 0 aromatic heterocycles. The van der Waals surface area contributed by atoms with Crippen LogP contribution < -0.4 is 4.74 Å². The average molecular weight is 270 g/mol. The van der Waals surface area contributed by atoms with Crippen molar-refractivity contribution in [2.75, 3.05) is 7.11 Å². The van der Waals surface area contributed by atoms with Crippen LogP contribution in [0.4, 0.5) is 4.39 Å². The van der Waals surface area contributed by atoms with Crippen molar-refractivity contribution in [3.63, 3.8) is 0 Å². The van der Waals surface area contributed by atoms with Crippen molar-refractivity contribution in [3.05, 3.63) is 28.5 Å². The summed E-state index contributed by atoms with van der Waals surface area (Å²) < 4.78 is 19.2. The van der Waals surface area contributed by atoms with Crippen LogP contribution >= 0.6 is 11.6 Å². The van der Waals surface area contributed by atoms with Crippen molar-refractivity contribution in [1.29, 1.82) is 0 Å². The van der Waals surface area contributed by atoms with E-state index in [1.807, 2.05) is 0 Å². The van der Waals surface area contributed by atoms with Crippen molar-refractivity contribution >= 4 is 17.7 Å². The van der Waals surface area contributed by atoms with Crippen molar-refractivity contribution in [3.8, 4) is 5.75 Å². The van der Waals surface area contributed by atoms with Crippen molar-refractivity contribution in [2.24, 2.45) is 4.99 Å². The predicted octanol–water partition coefficient (Wildman–Crippen LogP) is 3.59. The highest BCUT2D eigenvalue weighted by Crippen LogP contribution is 2.45. The molecule has 1 aliphatic rings. The molecule has 18 heavy (non-hydrogen) atoms. The number of carbonyl (C=O) groups excluding carboxylic acids is 1. The fourth-order valence-corrected chi connectivity index (χ4v) is 2.72. The Balaban J connectivity index is 2.60. The normalized spacial score (nSPS) is 17.3. The Morgan fingerprint density at radius 3 is 2.67 bits per heavy atom. The molecular weight excluding hydrogens is 257 g/mol. The number of hydrogen-bond acceptors (Lipinski definition) is 3. The van der Waals surface area contributed by atoms with Gasteiger partial charge in [-0.1, -0.05) is 24.4 Å². The third-order valence-electron chi connectivity index (χ3n) is 3.43. The van der Waals surface area contributed by atoms with Gasteiger partial charge in [0.1, 0.15) is 17.1 Å². The summed E-state index contributed by atoms with van der Waals surface area (Å²) in [7, 11) is 1.48. The van der Waals surface area contributed by atoms with Gasteiger partial charge in [-0.15, -0.1) is 0 Å². The number of hydrogen-bond donors (Lipinski definition) is 0. The molecule has 0 N–H and O–H groups in total. The first-order chi connectivity index (χ1) is 8.63. The summed E-state index contributed by atoms with van der Waals surface area (Å²) in [5.74, 6) is -0.0675. The molecule has 0 bridgehead atoms. The van der Waals surface area contributed by atoms with Gasteiger partial charge in [-0.3, -0.25) is 0 Å². The molecule has 0 saturated heterocycles. The molecule has 0 heterocycles. The molecule has 96 valence electrons. The first-order valence-corrected chi connectivity index (χ1v) is 6.13. The van der Waals surface area contributed by atoms with Crippen molar-refractivity contribution in [2.45, 2.75) is 31.2 Å². The minimum absolute atomic E-state index is 0.0169. The summed E-state index contributed by atoms with van der Waals surface area (Å²) in [5, 5.41) is -0.0169. The molecule has 0 spiro atoms. The minimum Gasteiger partial charge on any atom is -0.497 e. The summed E-state index contributed by atoms with van der Waals surface area (Å²) in [5.41, 5.74) is -0.503. The average Bonchev–Trinajstić information content (AvgIpc) is 2.82. The number of nitrogens with zero attached hydrogens (tertiary/aromatic N) is 1. The van der Waals surface area contributed by atoms with Crippen LogP contribution in [0.3, 0.4) is 0 Å². The Kier molecular flexibility index (Phi) is 3.69. The molecule has 1 aromatic carbocycles. The summed E-state index contributed by atoms with van der Waals surface area (Å²) in [6.45, 7) is 0. The van der Waals surface area contributed by atoms with Gasteiger partial charge >= 0.3 is 0 Å². The zero-order valence-corrected chi connectivity index (χ0v) is 10.8. The Labute approximate surface area is 110 Å². The second-order valence-electron chi connectivity index (χ2n) is 4.41. The van der Waals surface area contributed by atoms with E-state index in [-0.39, 0.29) is 5.02 Å². The maximum Gasteiger partial charge on any atom is 0.235 e. The van der Waals surface area contributed by atoms with E-state index < -0.39 is 11.4 Å². The Hall–Kier alpha value is -1.38. The number of halogens is 2. The lowest BCUT2D eigenvalue weighted by Gasteiger charge is -2.24. The van der Waals surface area contributed by atoms with E-state index in [4.69, 9.17) is 16.3 Å². The third kappa shape index (κ3) is 2.14. The lowest BCUT2D eigenvalue weighted by Crippen LogP contribution is -2.21. The van der Waals surface area contributed by atoms with E-state index in [0.717, 1.165) is 12.8 Å². The van der Waals surface area contributed by atoms with Gasteiger partial charge in [-0.2, -0.15) is 4.99 Å². The second kappa shape index (κ2) is 5.09. The van der Waals surface area contributed by atoms with Crippen LogP contribution in [0.5, 0.6) is 5.75 Å². The van der Waals surface area contributed by atoms with Crippen molar-refractivity contribution < 1.29 is 13.9 Å². The maximum absolute atomic E-state index is 14.2. The van der Waals surface area contributed by atoms with Crippen LogP contribution in [0.2, 0.25) is 5.02 Å². The van der Waals surface area contributed by atoms with Crippen LogP contribution in [-0.4, -0.2) is 13.2 Å². The van der Waals surface area contributed by atoms with Gasteiger partial charge in [-0.05, 0) is 18.9 Å². The molecule has 2 rings (SSSR count). The largest absolute Gasteiger partial charge is 0.497 e. The fourth-order valence-electron chi connectivity index (χ4n) is 2.51. The molecule has 1 saturated carbocycles. The van der Waals surface area contributed by atoms with Gasteiger partial charge in [0.15, 0.2) is 0 Å². The molecule has 0 aliphatic heterocycles. The van der Waals surface area contributed by atoms with E-state index >= 15 is 0 Å². The molecule has 3 nitrogen and oxygen atoms in total. The first kappa shape index (κ1) is 13.1. The maximum atomic E-state index is 14.2. The van der Waals surface area contributed by atoms with E-state index in [1.54, 1.807) is 12.1 Å². The molecule has 0 atom stereocenters. The number of aliphatic imine (C=N–C) groups is 1. The minimum atomic E-state index is -0.829. The zero-order valence-electron chi connectivity index (χ0n) is 10.0. The molecular formula is C13H13ClFNO2. The Bertz CT molecular complexity index is 506. The molecule has 5 heteroatoms. The van der Waals surface area contributed by atoms with Crippen LogP contribution in [0.15, 0.2) is 17.1 Å². The second-order valence-corrected chi connectivity index (χ2v) is 4.82. The Morgan fingerprint density at radius 1 is 1.44 bits per heavy atom. The highest BCUT2D eigenvalue weighted by Gasteiger charge is 2.38. The van der Waals surface area contributed by atoms with Gasteiger partial charge < -0.3 is 4.74 Å². The highest BCUT2D eigenvalue weighted by molar-refractivity contribution is 6.31. The van der Waals surface area contributed by atoms with Gasteiger partial charge in [0.25, 0.3) is 0 Å². The van der Waals surface area contributed by atoms with Crippen LogP contribution in [0.25, 0.3) is 0 Å². The van der Waals surface area contributed by atoms with E-state index in [2.05, 4.69) is 4.99 Å². The lowest BCUT2D eigenvalue weighted by molar-refractivity contribution is 0.400. The summed E-state index contributed by atoms with van der Waals surface area (Å²) in [4.78, 5) is 14.5. The molecule has 0 unspecified atom stereocenters. The fraction of sp³-hybridized carbons (Fsp3) is 0.462. The number of ether oxygens (including phenoxy) is 1. The van der Waals surface area contributed by atoms with E-state index in [0.29, 0.717) is 24.2 Å². The molecule has 1 fully saturated rings. The van der Waals surface area contributed by atoms with Crippen molar-refractivity contribution in [1.82, 2.24) is 0 Å². The predicted molar refractivity (Wildman–Crippen MR) is 66.2 cm³/mol. The van der Waals surface area contributed by atoms with E-state index in [9.17, 15) is 9.18 Å². The van der Waals surface area contributed by atoms with Gasteiger partial charge in [0.2, 0.25) is 6.08 Å². The lowest BCUT2D eigenvalue weighted by atomic mass is 9.88. The molecule has 1 aromatic rings. The van der Waals surface area contributed by atoms with Gasteiger partial charge in [0, 0.05) is 11.6 Å². The molecule has 0 amide bonds. The molecule has 0 radical (unpaired) electrons. The standard InChI is InChI=1S/C13H13ClFNO2/c1-18-9-6-10(12(15)11(14)7-9)13(16-8-17)4-2-3-5-13/h6-7H,2-5H2,1H3. The molecule has 1 aliphatic carbocycles. The summed E-state index contributed by atoms with van der Waals surface area (Å²) in [6.07, 6.45) is 4.62. The smallest absolute Gasteiger partial charge is 0.235 e. The van der Waals surface area contributed by atoms with Gasteiger partial charge in [0.05, 0.1) is 12.1 Å². The number of isocyanates is 1. The third-order valence-corrected chi connectivity index (χ3v) is 3.70.